The van der Waals surface area contributed by atoms with Gasteiger partial charge in [0.2, 0.25) is 6.79 Å². The molecule has 0 spiro atoms. The van der Waals surface area contributed by atoms with E-state index >= 15 is 0 Å². The lowest BCUT2D eigenvalue weighted by atomic mass is 9.99. The van der Waals surface area contributed by atoms with Crippen LogP contribution < -0.4 is 14.9 Å². The molecule has 1 aliphatic heterocycles. The van der Waals surface area contributed by atoms with Crippen LogP contribution in [-0.2, 0) is 6.42 Å². The SMILES string of the molecule is Cc1ccc2nc(-c3ccc(C(C)C)cc3)cc(C(=O)N/N=C/C(C)Cc3ccc4c(c3)OCO4)c2c1. The second-order valence-corrected chi connectivity index (χ2v) is 9.94. The number of ether oxygens (including phenoxy) is 2. The number of nitrogens with one attached hydrogen (secondary N) is 1. The van der Waals surface area contributed by atoms with E-state index in [9.17, 15) is 4.79 Å². The van der Waals surface area contributed by atoms with Crippen LogP contribution in [0, 0.1) is 12.8 Å². The Labute approximate surface area is 217 Å². The van der Waals surface area contributed by atoms with Crippen LogP contribution in [0.3, 0.4) is 0 Å². The van der Waals surface area contributed by atoms with Crippen molar-refractivity contribution in [2.24, 2.45) is 11.0 Å². The molecule has 188 valence electrons. The van der Waals surface area contributed by atoms with Gasteiger partial charge < -0.3 is 9.47 Å². The van der Waals surface area contributed by atoms with E-state index in [1.165, 1.54) is 5.56 Å². The van der Waals surface area contributed by atoms with Gasteiger partial charge in [-0.15, -0.1) is 0 Å². The lowest BCUT2D eigenvalue weighted by molar-refractivity contribution is 0.0956. The van der Waals surface area contributed by atoms with E-state index in [4.69, 9.17) is 14.5 Å². The summed E-state index contributed by atoms with van der Waals surface area (Å²) in [6.07, 6.45) is 2.53. The first-order chi connectivity index (χ1) is 17.9. The van der Waals surface area contributed by atoms with Gasteiger partial charge in [0, 0.05) is 17.2 Å². The molecule has 1 unspecified atom stereocenters. The van der Waals surface area contributed by atoms with Gasteiger partial charge in [0.15, 0.2) is 11.5 Å². The van der Waals surface area contributed by atoms with E-state index in [1.54, 1.807) is 6.21 Å². The minimum atomic E-state index is -0.260. The second kappa shape index (κ2) is 10.4. The summed E-state index contributed by atoms with van der Waals surface area (Å²) >= 11 is 0. The zero-order valence-electron chi connectivity index (χ0n) is 21.6. The second-order valence-electron chi connectivity index (χ2n) is 9.94. The van der Waals surface area contributed by atoms with Crippen molar-refractivity contribution in [3.8, 4) is 22.8 Å². The number of amides is 1. The van der Waals surface area contributed by atoms with E-state index < -0.39 is 0 Å². The number of aromatic nitrogens is 1. The molecule has 1 aromatic heterocycles. The number of fused-ring (bicyclic) bond motifs is 2. The molecule has 3 aromatic carbocycles. The molecule has 1 amide bonds. The van der Waals surface area contributed by atoms with Crippen molar-refractivity contribution in [2.45, 2.75) is 40.0 Å². The van der Waals surface area contributed by atoms with Gasteiger partial charge in [-0.25, -0.2) is 10.4 Å². The first-order valence-electron chi connectivity index (χ1n) is 12.6. The number of benzene rings is 3. The molecule has 0 bridgehead atoms. The fourth-order valence-corrected chi connectivity index (χ4v) is 4.49. The smallest absolute Gasteiger partial charge is 0.272 e. The van der Waals surface area contributed by atoms with Crippen molar-refractivity contribution in [3.63, 3.8) is 0 Å². The number of rotatable bonds is 7. The molecule has 37 heavy (non-hydrogen) atoms. The maximum atomic E-state index is 13.3. The molecule has 6 heteroatoms. The number of nitrogens with zero attached hydrogens (tertiary/aromatic N) is 2. The summed E-state index contributed by atoms with van der Waals surface area (Å²) in [4.78, 5) is 18.1. The van der Waals surface area contributed by atoms with Crippen molar-refractivity contribution < 1.29 is 14.3 Å². The number of hydrogen-bond donors (Lipinski definition) is 1. The number of carbonyl (C=O) groups excluding carboxylic acids is 1. The minimum Gasteiger partial charge on any atom is -0.454 e. The largest absolute Gasteiger partial charge is 0.454 e. The third-order valence-electron chi connectivity index (χ3n) is 6.57. The molecule has 6 nitrogen and oxygen atoms in total. The summed E-state index contributed by atoms with van der Waals surface area (Å²) in [5, 5.41) is 5.09. The average Bonchev–Trinajstić information content (AvgIpc) is 3.36. The van der Waals surface area contributed by atoms with E-state index in [0.29, 0.717) is 11.5 Å². The van der Waals surface area contributed by atoms with Crippen LogP contribution in [0.4, 0.5) is 0 Å². The summed E-state index contributed by atoms with van der Waals surface area (Å²) in [6, 6.07) is 22.1. The van der Waals surface area contributed by atoms with Crippen LogP contribution in [0.1, 0.15) is 53.7 Å². The number of aryl methyl sites for hydroxylation is 1. The van der Waals surface area contributed by atoms with Gasteiger partial charge in [0.25, 0.3) is 5.91 Å². The third kappa shape index (κ3) is 5.48. The molecule has 4 aromatic rings. The molecule has 5 rings (SSSR count). The van der Waals surface area contributed by atoms with Gasteiger partial charge in [-0.05, 0) is 66.6 Å². The monoisotopic (exact) mass is 493 g/mol. The van der Waals surface area contributed by atoms with E-state index in [0.717, 1.165) is 51.2 Å². The standard InChI is InChI=1S/C31H31N3O3/c1-19(2)23-7-9-24(10-8-23)28-16-26(25-14-20(3)5-11-27(25)33-28)31(35)34-32-17-21(4)13-22-6-12-29-30(15-22)37-18-36-29/h5-12,14-17,19,21H,13,18H2,1-4H3,(H,34,35)/b32-17+. The summed E-state index contributed by atoms with van der Waals surface area (Å²) in [7, 11) is 0. The predicted octanol–water partition coefficient (Wildman–Crippen LogP) is 6.66. The highest BCUT2D eigenvalue weighted by Gasteiger charge is 2.16. The van der Waals surface area contributed by atoms with Gasteiger partial charge in [0.1, 0.15) is 0 Å². The van der Waals surface area contributed by atoms with Crippen LogP contribution in [0.15, 0.2) is 71.8 Å². The van der Waals surface area contributed by atoms with Crippen LogP contribution >= 0.6 is 0 Å². The zero-order valence-corrected chi connectivity index (χ0v) is 21.6. The Balaban J connectivity index is 1.35. The van der Waals surface area contributed by atoms with E-state index in [1.807, 2.05) is 49.4 Å². The topological polar surface area (TPSA) is 72.8 Å². The lowest BCUT2D eigenvalue weighted by Crippen LogP contribution is -2.19. The summed E-state index contributed by atoms with van der Waals surface area (Å²) in [5.41, 5.74) is 9.25. The van der Waals surface area contributed by atoms with E-state index in [-0.39, 0.29) is 18.6 Å². The highest BCUT2D eigenvalue weighted by molar-refractivity contribution is 6.07. The van der Waals surface area contributed by atoms with Crippen molar-refractivity contribution >= 4 is 23.0 Å². The Hall–Kier alpha value is -4.19. The van der Waals surface area contributed by atoms with Gasteiger partial charge in [-0.3, -0.25) is 4.79 Å². The molecule has 0 fully saturated rings. The van der Waals surface area contributed by atoms with Crippen LogP contribution in [0.2, 0.25) is 0 Å². The molecule has 0 aliphatic carbocycles. The normalized spacial score (nSPS) is 13.4. The number of pyridine rings is 1. The predicted molar refractivity (Wildman–Crippen MR) is 147 cm³/mol. The zero-order chi connectivity index (χ0) is 25.9. The fraction of sp³-hybridized carbons (Fsp3) is 0.258. The van der Waals surface area contributed by atoms with Gasteiger partial charge in [0.05, 0.1) is 16.8 Å². The van der Waals surface area contributed by atoms with E-state index in [2.05, 4.69) is 55.6 Å². The Morgan fingerprint density at radius 3 is 2.57 bits per heavy atom. The third-order valence-corrected chi connectivity index (χ3v) is 6.57. The minimum absolute atomic E-state index is 0.118. The average molecular weight is 494 g/mol. The maximum Gasteiger partial charge on any atom is 0.272 e. The van der Waals surface area contributed by atoms with Crippen LogP contribution in [0.5, 0.6) is 11.5 Å². The van der Waals surface area contributed by atoms with Gasteiger partial charge in [-0.2, -0.15) is 5.10 Å². The number of carbonyl (C=O) groups is 1. The molecule has 1 N–H and O–H groups in total. The Morgan fingerprint density at radius 2 is 1.78 bits per heavy atom. The number of hydrogen-bond acceptors (Lipinski definition) is 5. The summed E-state index contributed by atoms with van der Waals surface area (Å²) in [6.45, 7) is 8.67. The van der Waals surface area contributed by atoms with Gasteiger partial charge in [-0.1, -0.05) is 62.7 Å². The highest BCUT2D eigenvalue weighted by atomic mass is 16.7. The molecule has 0 saturated heterocycles. The molecule has 0 radical (unpaired) electrons. The first kappa shape index (κ1) is 24.5. The molecule has 1 aliphatic rings. The first-order valence-corrected chi connectivity index (χ1v) is 12.6. The Bertz CT molecular complexity index is 1480. The van der Waals surface area contributed by atoms with Crippen molar-refractivity contribution in [3.05, 3.63) is 89.0 Å². The molecular formula is C31H31N3O3. The van der Waals surface area contributed by atoms with Crippen molar-refractivity contribution in [2.75, 3.05) is 6.79 Å². The molecule has 0 saturated carbocycles. The lowest BCUT2D eigenvalue weighted by Gasteiger charge is -2.11. The van der Waals surface area contributed by atoms with Gasteiger partial charge >= 0.3 is 0 Å². The van der Waals surface area contributed by atoms with Crippen molar-refractivity contribution in [1.29, 1.82) is 0 Å². The maximum absolute atomic E-state index is 13.3. The number of hydrazone groups is 1. The highest BCUT2D eigenvalue weighted by Crippen LogP contribution is 2.33. The van der Waals surface area contributed by atoms with Crippen molar-refractivity contribution in [1.82, 2.24) is 10.4 Å². The quantitative estimate of drug-likeness (QED) is 0.231. The Kier molecular flexibility index (Phi) is 6.91. The summed E-state index contributed by atoms with van der Waals surface area (Å²) < 4.78 is 10.8. The van der Waals surface area contributed by atoms with Crippen LogP contribution in [-0.4, -0.2) is 23.9 Å². The fourth-order valence-electron chi connectivity index (χ4n) is 4.49. The molecule has 1 atom stereocenters. The summed E-state index contributed by atoms with van der Waals surface area (Å²) in [5.74, 6) is 1.85. The molecule has 2 heterocycles. The Morgan fingerprint density at radius 1 is 1.00 bits per heavy atom. The van der Waals surface area contributed by atoms with Crippen LogP contribution in [0.25, 0.3) is 22.2 Å². The molecular weight excluding hydrogens is 462 g/mol.